The van der Waals surface area contributed by atoms with Crippen molar-refractivity contribution >= 4 is 28.5 Å². The predicted molar refractivity (Wildman–Crippen MR) is 73.5 cm³/mol. The van der Waals surface area contributed by atoms with Crippen LogP contribution in [-0.2, 0) is 0 Å². The van der Waals surface area contributed by atoms with E-state index in [0.29, 0.717) is 16.5 Å². The molecule has 0 saturated carbocycles. The highest BCUT2D eigenvalue weighted by Gasteiger charge is 2.11. The van der Waals surface area contributed by atoms with Crippen molar-refractivity contribution in [3.8, 4) is 11.1 Å². The summed E-state index contributed by atoms with van der Waals surface area (Å²) in [6.07, 6.45) is 0. The third-order valence-electron chi connectivity index (χ3n) is 2.84. The molecule has 0 aliphatic heterocycles. The number of H-pyrrole nitrogens is 1. The molecule has 90 valence electrons. The number of rotatable bonds is 1. The molecule has 0 amide bonds. The Morgan fingerprint density at radius 1 is 1.22 bits per heavy atom. The van der Waals surface area contributed by atoms with Crippen molar-refractivity contribution in [2.45, 2.75) is 6.92 Å². The second-order valence-electron chi connectivity index (χ2n) is 4.15. The van der Waals surface area contributed by atoms with Crippen molar-refractivity contribution in [3.05, 3.63) is 41.0 Å². The van der Waals surface area contributed by atoms with Crippen LogP contribution in [0.15, 0.2) is 30.3 Å². The maximum Gasteiger partial charge on any atom is 0.183 e. The summed E-state index contributed by atoms with van der Waals surface area (Å²) >= 11 is 5.90. The largest absolute Gasteiger partial charge is 0.383 e. The van der Waals surface area contributed by atoms with E-state index in [-0.39, 0.29) is 0 Å². The van der Waals surface area contributed by atoms with Gasteiger partial charge in [-0.05, 0) is 36.2 Å². The molecule has 0 saturated heterocycles. The number of fused-ring (bicyclic) bond motifs is 1. The lowest BCUT2D eigenvalue weighted by molar-refractivity contribution is 1.09. The summed E-state index contributed by atoms with van der Waals surface area (Å²) in [6.45, 7) is 1.93. The lowest BCUT2D eigenvalue weighted by Gasteiger charge is -2.05. The van der Waals surface area contributed by atoms with Crippen LogP contribution in [0.3, 0.4) is 0 Å². The topological polar surface area (TPSA) is 67.6 Å². The molecule has 0 aliphatic carbocycles. The zero-order valence-corrected chi connectivity index (χ0v) is 10.5. The van der Waals surface area contributed by atoms with Crippen molar-refractivity contribution in [2.24, 2.45) is 0 Å². The zero-order chi connectivity index (χ0) is 12.7. The van der Waals surface area contributed by atoms with Crippen LogP contribution in [0.4, 0.5) is 5.82 Å². The first-order valence-electron chi connectivity index (χ1n) is 5.52. The van der Waals surface area contributed by atoms with Gasteiger partial charge < -0.3 is 5.73 Å². The first kappa shape index (κ1) is 11.0. The molecular formula is C13H11ClN4. The van der Waals surface area contributed by atoms with Crippen molar-refractivity contribution in [2.75, 3.05) is 5.73 Å². The van der Waals surface area contributed by atoms with E-state index in [9.17, 15) is 0 Å². The Morgan fingerprint density at radius 2 is 1.94 bits per heavy atom. The van der Waals surface area contributed by atoms with Crippen LogP contribution in [0.25, 0.3) is 22.2 Å². The molecule has 2 aromatic heterocycles. The number of aromatic nitrogens is 3. The lowest BCUT2D eigenvalue weighted by atomic mass is 10.0. The van der Waals surface area contributed by atoms with Gasteiger partial charge in [0.05, 0.1) is 5.39 Å². The second-order valence-corrected chi connectivity index (χ2v) is 4.59. The summed E-state index contributed by atoms with van der Waals surface area (Å²) in [5.41, 5.74) is 9.51. The van der Waals surface area contributed by atoms with Gasteiger partial charge in [0.2, 0.25) is 0 Å². The normalized spacial score (nSPS) is 11.0. The molecule has 3 rings (SSSR count). The molecule has 0 unspecified atom stereocenters. The van der Waals surface area contributed by atoms with E-state index in [0.717, 1.165) is 22.2 Å². The molecule has 5 heteroatoms. The summed E-state index contributed by atoms with van der Waals surface area (Å²) in [4.78, 5) is 4.35. The van der Waals surface area contributed by atoms with E-state index < -0.39 is 0 Å². The third-order valence-corrected chi connectivity index (χ3v) is 3.09. The fourth-order valence-corrected chi connectivity index (χ4v) is 2.16. The van der Waals surface area contributed by atoms with Crippen LogP contribution in [-0.4, -0.2) is 15.2 Å². The van der Waals surface area contributed by atoms with Gasteiger partial charge in [-0.1, -0.05) is 23.7 Å². The third kappa shape index (κ3) is 1.71. The number of pyridine rings is 1. The van der Waals surface area contributed by atoms with Gasteiger partial charge in [-0.25, -0.2) is 4.98 Å². The number of nitrogens with one attached hydrogen (secondary N) is 1. The summed E-state index contributed by atoms with van der Waals surface area (Å²) < 4.78 is 0. The average molecular weight is 259 g/mol. The minimum atomic E-state index is 0.530. The number of halogens is 1. The number of nitrogens with two attached hydrogens (primary N) is 1. The zero-order valence-electron chi connectivity index (χ0n) is 9.74. The van der Waals surface area contributed by atoms with Crippen LogP contribution in [0.5, 0.6) is 0 Å². The van der Waals surface area contributed by atoms with Crippen LogP contribution < -0.4 is 5.73 Å². The monoisotopic (exact) mass is 258 g/mol. The molecule has 18 heavy (non-hydrogen) atoms. The molecule has 0 aliphatic rings. The second kappa shape index (κ2) is 3.99. The summed E-state index contributed by atoms with van der Waals surface area (Å²) in [7, 11) is 0. The van der Waals surface area contributed by atoms with E-state index in [1.807, 2.05) is 37.3 Å². The standard InChI is InChI=1S/C13H11ClN4/c1-7-6-10(8-2-4-9(14)5-3-8)11-12(15)17-18-13(11)16-7/h2-6H,1H3,(H3,15,16,17,18). The maximum atomic E-state index is 5.91. The van der Waals surface area contributed by atoms with Gasteiger partial charge in [-0.15, -0.1) is 0 Å². The highest BCUT2D eigenvalue weighted by Crippen LogP contribution is 2.31. The van der Waals surface area contributed by atoms with Crippen LogP contribution in [0, 0.1) is 6.92 Å². The number of hydrogen-bond acceptors (Lipinski definition) is 3. The minimum Gasteiger partial charge on any atom is -0.383 e. The molecule has 3 aromatic rings. The van der Waals surface area contributed by atoms with E-state index in [1.54, 1.807) is 0 Å². The Kier molecular flexibility index (Phi) is 2.45. The summed E-state index contributed by atoms with van der Waals surface area (Å²) in [5, 5.41) is 8.42. The van der Waals surface area contributed by atoms with E-state index >= 15 is 0 Å². The van der Waals surface area contributed by atoms with Crippen molar-refractivity contribution < 1.29 is 0 Å². The number of aryl methyl sites for hydroxylation is 1. The number of hydrogen-bond donors (Lipinski definition) is 2. The quantitative estimate of drug-likeness (QED) is 0.704. The Hall–Kier alpha value is -2.07. The minimum absolute atomic E-state index is 0.530. The molecule has 0 atom stereocenters. The fourth-order valence-electron chi connectivity index (χ4n) is 2.03. The van der Waals surface area contributed by atoms with Gasteiger partial charge in [0, 0.05) is 10.7 Å². The lowest BCUT2D eigenvalue weighted by Crippen LogP contribution is -1.90. The fraction of sp³-hybridized carbons (Fsp3) is 0.0769. The van der Waals surface area contributed by atoms with E-state index in [1.165, 1.54) is 0 Å². The Labute approximate surface area is 109 Å². The van der Waals surface area contributed by atoms with E-state index in [4.69, 9.17) is 17.3 Å². The van der Waals surface area contributed by atoms with Crippen molar-refractivity contribution in [1.29, 1.82) is 0 Å². The SMILES string of the molecule is Cc1cc(-c2ccc(Cl)cc2)c2c(N)[nH]nc2n1. The molecule has 0 radical (unpaired) electrons. The molecule has 1 aromatic carbocycles. The van der Waals surface area contributed by atoms with E-state index in [2.05, 4.69) is 15.2 Å². The summed E-state index contributed by atoms with van der Waals surface area (Å²) in [6, 6.07) is 9.63. The molecule has 2 heterocycles. The van der Waals surface area contributed by atoms with Gasteiger partial charge in [-0.2, -0.15) is 5.10 Å². The predicted octanol–water partition coefficient (Wildman–Crippen LogP) is 3.17. The first-order valence-corrected chi connectivity index (χ1v) is 5.90. The van der Waals surface area contributed by atoms with Gasteiger partial charge >= 0.3 is 0 Å². The molecule has 0 fully saturated rings. The Balaban J connectivity index is 2.33. The maximum absolute atomic E-state index is 5.91. The Morgan fingerprint density at radius 3 is 2.67 bits per heavy atom. The van der Waals surface area contributed by atoms with Gasteiger partial charge in [-0.3, -0.25) is 5.10 Å². The smallest absolute Gasteiger partial charge is 0.183 e. The molecule has 3 N–H and O–H groups in total. The molecule has 0 spiro atoms. The highest BCUT2D eigenvalue weighted by molar-refractivity contribution is 6.30. The number of nitrogens with zero attached hydrogens (tertiary/aromatic N) is 2. The highest BCUT2D eigenvalue weighted by atomic mass is 35.5. The van der Waals surface area contributed by atoms with Crippen LogP contribution in [0.2, 0.25) is 5.02 Å². The Bertz CT molecular complexity index is 716. The number of anilines is 1. The van der Waals surface area contributed by atoms with Crippen molar-refractivity contribution in [1.82, 2.24) is 15.2 Å². The van der Waals surface area contributed by atoms with Gasteiger partial charge in [0.25, 0.3) is 0 Å². The summed E-state index contributed by atoms with van der Waals surface area (Å²) in [5.74, 6) is 0.530. The van der Waals surface area contributed by atoms with Gasteiger partial charge in [0.15, 0.2) is 5.65 Å². The van der Waals surface area contributed by atoms with Crippen molar-refractivity contribution in [3.63, 3.8) is 0 Å². The van der Waals surface area contributed by atoms with Crippen LogP contribution in [0.1, 0.15) is 5.69 Å². The first-order chi connectivity index (χ1) is 8.65. The van der Waals surface area contributed by atoms with Crippen LogP contribution >= 0.6 is 11.6 Å². The molecule has 0 bridgehead atoms. The number of nitrogen functional groups attached to an aromatic ring is 1. The molecular weight excluding hydrogens is 248 g/mol. The van der Waals surface area contributed by atoms with Gasteiger partial charge in [0.1, 0.15) is 5.82 Å². The number of benzene rings is 1. The number of aromatic amines is 1. The molecule has 4 nitrogen and oxygen atoms in total. The average Bonchev–Trinajstić information content (AvgIpc) is 2.71.